The minimum absolute atomic E-state index is 0.0386. The van der Waals surface area contributed by atoms with E-state index in [1.165, 1.54) is 21.2 Å². The van der Waals surface area contributed by atoms with Gasteiger partial charge in [-0.05, 0) is 44.4 Å². The maximum atomic E-state index is 6.39. The third-order valence-electron chi connectivity index (χ3n) is 3.27. The Hall–Kier alpha value is -1.16. The molecule has 0 saturated heterocycles. The Morgan fingerprint density at radius 3 is 2.58 bits per heavy atom. The van der Waals surface area contributed by atoms with E-state index in [1.807, 2.05) is 0 Å². The average molecular weight is 332 g/mol. The second-order valence-corrected chi connectivity index (χ2v) is 7.13. The van der Waals surface area contributed by atoms with Gasteiger partial charge in [-0.2, -0.15) is 0 Å². The first-order chi connectivity index (χ1) is 9.24. The number of hydrogen-bond acceptors (Lipinski definition) is 2. The summed E-state index contributed by atoms with van der Waals surface area (Å²) in [5.41, 5.74) is 7.62. The van der Waals surface area contributed by atoms with E-state index < -0.39 is 0 Å². The Kier molecular flexibility index (Phi) is 3.69. The summed E-state index contributed by atoms with van der Waals surface area (Å²) >= 11 is 5.25. The normalized spacial score (nSPS) is 12.7. The molecular weight excluding hydrogens is 318 g/mol. The summed E-state index contributed by atoms with van der Waals surface area (Å²) in [4.78, 5) is 1.31. The zero-order valence-electron chi connectivity index (χ0n) is 10.3. The lowest BCUT2D eigenvalue weighted by Crippen LogP contribution is -2.13. The molecule has 1 nitrogen and oxygen atoms in total. The SMILES string of the molecule is NC(Cc1ccc(Br)s1)c1cccc2ccccc12. The number of fused-ring (bicyclic) bond motifs is 1. The molecule has 3 heteroatoms. The van der Waals surface area contributed by atoms with Gasteiger partial charge in [0.2, 0.25) is 0 Å². The Morgan fingerprint density at radius 2 is 1.79 bits per heavy atom. The van der Waals surface area contributed by atoms with Crippen molar-refractivity contribution in [3.05, 3.63) is 68.8 Å². The second-order valence-electron chi connectivity index (χ2n) is 4.58. The fraction of sp³-hybridized carbons (Fsp3) is 0.125. The highest BCUT2D eigenvalue weighted by Gasteiger charge is 2.11. The molecule has 0 fully saturated rings. The number of benzene rings is 2. The molecule has 0 aliphatic heterocycles. The molecule has 0 spiro atoms. The summed E-state index contributed by atoms with van der Waals surface area (Å²) in [5, 5.41) is 2.51. The van der Waals surface area contributed by atoms with Crippen LogP contribution in [-0.4, -0.2) is 0 Å². The van der Waals surface area contributed by atoms with Gasteiger partial charge in [0, 0.05) is 17.3 Å². The molecule has 0 saturated carbocycles. The van der Waals surface area contributed by atoms with E-state index >= 15 is 0 Å². The number of hydrogen-bond donors (Lipinski definition) is 1. The molecule has 0 aliphatic carbocycles. The molecule has 0 radical (unpaired) electrons. The van der Waals surface area contributed by atoms with Gasteiger partial charge >= 0.3 is 0 Å². The van der Waals surface area contributed by atoms with Gasteiger partial charge in [0.05, 0.1) is 3.79 Å². The fourth-order valence-electron chi connectivity index (χ4n) is 2.36. The standard InChI is InChI=1S/C16H14BrNS/c17-16-9-8-12(19-16)10-15(18)14-7-3-5-11-4-1-2-6-13(11)14/h1-9,15H,10,18H2. The Labute approximate surface area is 125 Å². The average Bonchev–Trinajstić information content (AvgIpc) is 2.83. The van der Waals surface area contributed by atoms with Gasteiger partial charge in [-0.25, -0.2) is 0 Å². The summed E-state index contributed by atoms with van der Waals surface area (Å²) < 4.78 is 1.16. The van der Waals surface area contributed by atoms with Crippen molar-refractivity contribution in [2.45, 2.75) is 12.5 Å². The predicted molar refractivity (Wildman–Crippen MR) is 86.6 cm³/mol. The van der Waals surface area contributed by atoms with Crippen molar-refractivity contribution < 1.29 is 0 Å². The minimum Gasteiger partial charge on any atom is -0.324 e. The summed E-state index contributed by atoms with van der Waals surface area (Å²) in [6, 6.07) is 19.0. The van der Waals surface area contributed by atoms with Crippen molar-refractivity contribution >= 4 is 38.0 Å². The number of nitrogens with two attached hydrogens (primary N) is 1. The number of halogens is 1. The van der Waals surface area contributed by atoms with Gasteiger partial charge in [0.25, 0.3) is 0 Å². The summed E-state index contributed by atoms with van der Waals surface area (Å²) in [6.45, 7) is 0. The van der Waals surface area contributed by atoms with Crippen LogP contribution < -0.4 is 5.73 Å². The molecule has 2 aromatic carbocycles. The largest absolute Gasteiger partial charge is 0.324 e. The molecule has 0 bridgehead atoms. The molecule has 3 aromatic rings. The van der Waals surface area contributed by atoms with Crippen molar-refractivity contribution in [2.75, 3.05) is 0 Å². The monoisotopic (exact) mass is 331 g/mol. The van der Waals surface area contributed by atoms with Crippen LogP contribution in [-0.2, 0) is 6.42 Å². The van der Waals surface area contributed by atoms with Gasteiger partial charge in [0.1, 0.15) is 0 Å². The Balaban J connectivity index is 1.95. The third kappa shape index (κ3) is 2.73. The molecule has 0 amide bonds. The highest BCUT2D eigenvalue weighted by molar-refractivity contribution is 9.11. The van der Waals surface area contributed by atoms with Gasteiger partial charge in [-0.15, -0.1) is 11.3 Å². The molecule has 1 heterocycles. The fourth-order valence-corrected chi connectivity index (χ4v) is 3.90. The Bertz CT molecular complexity index is 699. The molecule has 3 rings (SSSR count). The van der Waals surface area contributed by atoms with Crippen molar-refractivity contribution in [1.82, 2.24) is 0 Å². The van der Waals surface area contributed by atoms with E-state index in [1.54, 1.807) is 11.3 Å². The molecule has 96 valence electrons. The van der Waals surface area contributed by atoms with Crippen LogP contribution in [0.15, 0.2) is 58.4 Å². The zero-order valence-corrected chi connectivity index (χ0v) is 12.7. The summed E-state index contributed by atoms with van der Waals surface area (Å²) in [7, 11) is 0. The lowest BCUT2D eigenvalue weighted by Gasteiger charge is -2.14. The van der Waals surface area contributed by atoms with Crippen LogP contribution in [0.25, 0.3) is 10.8 Å². The lowest BCUT2D eigenvalue weighted by atomic mass is 9.97. The molecule has 1 atom stereocenters. The van der Waals surface area contributed by atoms with E-state index in [9.17, 15) is 0 Å². The Morgan fingerprint density at radius 1 is 1.00 bits per heavy atom. The highest BCUT2D eigenvalue weighted by Crippen LogP contribution is 2.29. The first-order valence-electron chi connectivity index (χ1n) is 6.21. The van der Waals surface area contributed by atoms with Crippen LogP contribution in [0.1, 0.15) is 16.5 Å². The highest BCUT2D eigenvalue weighted by atomic mass is 79.9. The first-order valence-corrected chi connectivity index (χ1v) is 7.82. The van der Waals surface area contributed by atoms with Crippen LogP contribution in [0.4, 0.5) is 0 Å². The van der Waals surface area contributed by atoms with Crippen molar-refractivity contribution in [2.24, 2.45) is 5.73 Å². The van der Waals surface area contributed by atoms with E-state index in [4.69, 9.17) is 5.73 Å². The number of rotatable bonds is 3. The maximum absolute atomic E-state index is 6.39. The molecule has 1 unspecified atom stereocenters. The minimum atomic E-state index is 0.0386. The van der Waals surface area contributed by atoms with Crippen LogP contribution in [0.5, 0.6) is 0 Å². The van der Waals surface area contributed by atoms with E-state index in [2.05, 4.69) is 70.5 Å². The second kappa shape index (κ2) is 5.45. The van der Waals surface area contributed by atoms with Gasteiger partial charge in [0.15, 0.2) is 0 Å². The lowest BCUT2D eigenvalue weighted by molar-refractivity contribution is 0.736. The smallest absolute Gasteiger partial charge is 0.0701 e. The van der Waals surface area contributed by atoms with Gasteiger partial charge in [-0.1, -0.05) is 42.5 Å². The third-order valence-corrected chi connectivity index (χ3v) is 4.92. The van der Waals surface area contributed by atoms with Crippen LogP contribution in [0.3, 0.4) is 0 Å². The molecular formula is C16H14BrNS. The zero-order chi connectivity index (χ0) is 13.2. The summed E-state index contributed by atoms with van der Waals surface area (Å²) in [6.07, 6.45) is 0.879. The molecule has 2 N–H and O–H groups in total. The van der Waals surface area contributed by atoms with E-state index in [-0.39, 0.29) is 6.04 Å². The molecule has 19 heavy (non-hydrogen) atoms. The molecule has 1 aromatic heterocycles. The van der Waals surface area contributed by atoms with Crippen molar-refractivity contribution in [3.63, 3.8) is 0 Å². The van der Waals surface area contributed by atoms with Gasteiger partial charge in [-0.3, -0.25) is 0 Å². The van der Waals surface area contributed by atoms with Crippen molar-refractivity contribution in [1.29, 1.82) is 0 Å². The summed E-state index contributed by atoms with van der Waals surface area (Å²) in [5.74, 6) is 0. The maximum Gasteiger partial charge on any atom is 0.0701 e. The predicted octanol–water partition coefficient (Wildman–Crippen LogP) is 4.91. The van der Waals surface area contributed by atoms with Crippen molar-refractivity contribution in [3.8, 4) is 0 Å². The topological polar surface area (TPSA) is 26.0 Å². The molecule has 0 aliphatic rings. The van der Waals surface area contributed by atoms with E-state index in [0.29, 0.717) is 0 Å². The number of thiophene rings is 1. The van der Waals surface area contributed by atoms with Crippen LogP contribution in [0.2, 0.25) is 0 Å². The quantitative estimate of drug-likeness (QED) is 0.725. The first kappa shape index (κ1) is 12.9. The van der Waals surface area contributed by atoms with Crippen LogP contribution in [0, 0.1) is 0 Å². The van der Waals surface area contributed by atoms with Gasteiger partial charge < -0.3 is 5.73 Å². The van der Waals surface area contributed by atoms with E-state index in [0.717, 1.165) is 10.2 Å². The van der Waals surface area contributed by atoms with Crippen LogP contribution >= 0.6 is 27.3 Å².